The summed E-state index contributed by atoms with van der Waals surface area (Å²) in [5, 5.41) is 9.08. The van der Waals surface area contributed by atoms with Crippen molar-refractivity contribution in [2.45, 2.75) is 24.9 Å². The summed E-state index contributed by atoms with van der Waals surface area (Å²) in [6.07, 6.45) is -3.73. The third-order valence-corrected chi connectivity index (χ3v) is 5.45. The van der Waals surface area contributed by atoms with Crippen molar-refractivity contribution in [1.82, 2.24) is 20.1 Å². The number of alkyl halides is 3. The fourth-order valence-electron chi connectivity index (χ4n) is 3.09. The topological polar surface area (TPSA) is 72.1 Å². The first-order chi connectivity index (χ1) is 13.4. The minimum atomic E-state index is -4.65. The first kappa shape index (κ1) is 18.6. The molecule has 146 valence electrons. The Morgan fingerprint density at radius 1 is 1.14 bits per heavy atom. The number of hydrogen-bond donors (Lipinski definition) is 0. The van der Waals surface area contributed by atoms with E-state index in [1.165, 1.54) is 11.3 Å². The number of thiazole rings is 1. The maximum absolute atomic E-state index is 12.7. The fraction of sp³-hybridized carbons (Fsp3) is 0.333. The van der Waals surface area contributed by atoms with Crippen LogP contribution >= 0.6 is 11.3 Å². The fourth-order valence-corrected chi connectivity index (χ4v) is 3.89. The highest BCUT2D eigenvalue weighted by Gasteiger charge is 2.39. The van der Waals surface area contributed by atoms with E-state index in [-0.39, 0.29) is 17.7 Å². The summed E-state index contributed by atoms with van der Waals surface area (Å²) in [5.74, 6) is -1.84. The Hall–Kier alpha value is -2.75. The molecule has 1 aliphatic heterocycles. The summed E-state index contributed by atoms with van der Waals surface area (Å²) in [5.41, 5.74) is 1.32. The number of benzene rings is 1. The first-order valence-corrected chi connectivity index (χ1v) is 9.50. The van der Waals surface area contributed by atoms with Crippen LogP contribution < -0.4 is 0 Å². The molecule has 1 aliphatic rings. The number of likely N-dealkylation sites (tertiary alicyclic amines) is 1. The van der Waals surface area contributed by atoms with Crippen LogP contribution in [0.4, 0.5) is 13.2 Å². The molecular weight excluding hydrogens is 393 g/mol. The number of amides is 1. The number of nitrogens with zero attached hydrogens (tertiary/aromatic N) is 4. The highest BCUT2D eigenvalue weighted by atomic mass is 32.1. The highest BCUT2D eigenvalue weighted by molar-refractivity contribution is 7.13. The van der Waals surface area contributed by atoms with Crippen LogP contribution in [0.15, 0.2) is 40.1 Å². The van der Waals surface area contributed by atoms with Gasteiger partial charge >= 0.3 is 12.1 Å². The number of rotatable bonds is 3. The van der Waals surface area contributed by atoms with Gasteiger partial charge in [0.05, 0.1) is 0 Å². The second-order valence-corrected chi connectivity index (χ2v) is 7.27. The first-order valence-electron chi connectivity index (χ1n) is 8.62. The lowest BCUT2D eigenvalue weighted by molar-refractivity contribution is -0.157. The Balaban J connectivity index is 1.39. The number of carbonyl (C=O) groups is 1. The molecule has 0 atom stereocenters. The molecule has 0 unspecified atom stereocenters. The lowest BCUT2D eigenvalue weighted by Crippen LogP contribution is -2.38. The molecule has 0 radical (unpaired) electrons. The van der Waals surface area contributed by atoms with Gasteiger partial charge in [0.25, 0.3) is 5.91 Å². The van der Waals surface area contributed by atoms with Crippen molar-refractivity contribution < 1.29 is 22.4 Å². The van der Waals surface area contributed by atoms with Crippen molar-refractivity contribution in [3.63, 3.8) is 0 Å². The van der Waals surface area contributed by atoms with Gasteiger partial charge in [-0.15, -0.1) is 21.5 Å². The van der Waals surface area contributed by atoms with Crippen LogP contribution in [-0.4, -0.2) is 39.1 Å². The van der Waals surface area contributed by atoms with Gasteiger partial charge in [-0.3, -0.25) is 4.79 Å². The van der Waals surface area contributed by atoms with Gasteiger partial charge in [-0.2, -0.15) is 13.2 Å². The highest BCUT2D eigenvalue weighted by Crippen LogP contribution is 2.33. The molecule has 6 nitrogen and oxygen atoms in total. The van der Waals surface area contributed by atoms with Gasteiger partial charge in [0.15, 0.2) is 0 Å². The Kier molecular flexibility index (Phi) is 4.88. The molecule has 0 spiro atoms. The van der Waals surface area contributed by atoms with Crippen LogP contribution in [0.1, 0.15) is 41.0 Å². The molecular formula is C18H15F3N4O2S. The van der Waals surface area contributed by atoms with Crippen molar-refractivity contribution >= 4 is 17.2 Å². The van der Waals surface area contributed by atoms with Crippen molar-refractivity contribution in [2.75, 3.05) is 13.1 Å². The Bertz CT molecular complexity index is 963. The molecule has 2 aromatic heterocycles. The number of piperidine rings is 1. The average molecular weight is 408 g/mol. The van der Waals surface area contributed by atoms with Crippen LogP contribution in [0, 0.1) is 0 Å². The second-order valence-electron chi connectivity index (χ2n) is 6.41. The van der Waals surface area contributed by atoms with E-state index < -0.39 is 12.1 Å². The summed E-state index contributed by atoms with van der Waals surface area (Å²) in [6.45, 7) is 0.789. The van der Waals surface area contributed by atoms with Gasteiger partial charge in [-0.05, 0) is 12.8 Å². The zero-order valence-electron chi connectivity index (χ0n) is 14.5. The van der Waals surface area contributed by atoms with E-state index in [1.807, 2.05) is 30.3 Å². The molecule has 0 bridgehead atoms. The minimum Gasteiger partial charge on any atom is -0.417 e. The molecule has 28 heavy (non-hydrogen) atoms. The van der Waals surface area contributed by atoms with Crippen LogP contribution in [0.2, 0.25) is 0 Å². The smallest absolute Gasteiger partial charge is 0.417 e. The molecule has 1 amide bonds. The van der Waals surface area contributed by atoms with Crippen LogP contribution in [0.25, 0.3) is 10.6 Å². The van der Waals surface area contributed by atoms with Gasteiger partial charge in [-0.1, -0.05) is 30.3 Å². The zero-order valence-corrected chi connectivity index (χ0v) is 15.3. The summed E-state index contributed by atoms with van der Waals surface area (Å²) < 4.78 is 42.5. The molecule has 3 aromatic rings. The molecule has 1 fully saturated rings. The van der Waals surface area contributed by atoms with Crippen LogP contribution in [0.5, 0.6) is 0 Å². The second kappa shape index (κ2) is 7.34. The van der Waals surface area contributed by atoms with Crippen LogP contribution in [0.3, 0.4) is 0 Å². The van der Waals surface area contributed by atoms with Crippen molar-refractivity contribution in [2.24, 2.45) is 0 Å². The normalized spacial score (nSPS) is 15.8. The van der Waals surface area contributed by atoms with E-state index in [0.29, 0.717) is 31.6 Å². The summed E-state index contributed by atoms with van der Waals surface area (Å²) in [7, 11) is 0. The monoisotopic (exact) mass is 408 g/mol. The van der Waals surface area contributed by atoms with Crippen molar-refractivity contribution in [3.05, 3.63) is 53.2 Å². The molecule has 1 aromatic carbocycles. The number of halogens is 3. The summed E-state index contributed by atoms with van der Waals surface area (Å²) >= 11 is 1.40. The van der Waals surface area contributed by atoms with Gasteiger partial charge in [-0.25, -0.2) is 4.98 Å². The summed E-state index contributed by atoms with van der Waals surface area (Å²) in [4.78, 5) is 18.8. The van der Waals surface area contributed by atoms with Gasteiger partial charge in [0, 0.05) is 30.0 Å². The van der Waals surface area contributed by atoms with Crippen LogP contribution in [-0.2, 0) is 6.18 Å². The van der Waals surface area contributed by atoms with Gasteiger partial charge < -0.3 is 9.32 Å². The molecule has 0 N–H and O–H groups in total. The van der Waals surface area contributed by atoms with Crippen molar-refractivity contribution in [3.8, 4) is 10.6 Å². The maximum atomic E-state index is 12.7. The predicted octanol–water partition coefficient (Wildman–Crippen LogP) is 4.23. The molecule has 4 rings (SSSR count). The van der Waals surface area contributed by atoms with E-state index in [4.69, 9.17) is 4.42 Å². The largest absolute Gasteiger partial charge is 0.470 e. The van der Waals surface area contributed by atoms with Gasteiger partial charge in [0.1, 0.15) is 10.7 Å². The van der Waals surface area contributed by atoms with Gasteiger partial charge in [0.2, 0.25) is 5.89 Å². The van der Waals surface area contributed by atoms with E-state index in [2.05, 4.69) is 15.2 Å². The Morgan fingerprint density at radius 3 is 2.50 bits per heavy atom. The minimum absolute atomic E-state index is 0.0283. The number of carbonyl (C=O) groups excluding carboxylic acids is 1. The third kappa shape index (κ3) is 3.77. The number of hydrogen-bond acceptors (Lipinski definition) is 6. The van der Waals surface area contributed by atoms with E-state index in [0.717, 1.165) is 10.6 Å². The van der Waals surface area contributed by atoms with E-state index in [9.17, 15) is 18.0 Å². The molecule has 10 heteroatoms. The molecule has 3 heterocycles. The SMILES string of the molecule is O=C(c1csc(-c2ccccc2)n1)N1CCC(c2nnc(C(F)(F)F)o2)CC1. The average Bonchev–Trinajstić information content (AvgIpc) is 3.38. The zero-order chi connectivity index (χ0) is 19.7. The third-order valence-electron chi connectivity index (χ3n) is 4.56. The van der Waals surface area contributed by atoms with Crippen molar-refractivity contribution in [1.29, 1.82) is 0 Å². The van der Waals surface area contributed by atoms with E-state index >= 15 is 0 Å². The standard InChI is InChI=1S/C18H15F3N4O2S/c19-18(20,21)17-24-23-14(27-17)11-6-8-25(9-7-11)16(26)13-10-28-15(22-13)12-4-2-1-3-5-12/h1-5,10-11H,6-9H2. The Morgan fingerprint density at radius 2 is 1.86 bits per heavy atom. The number of aromatic nitrogens is 3. The Labute approximate surface area is 162 Å². The quantitative estimate of drug-likeness (QED) is 0.649. The molecule has 0 saturated carbocycles. The lowest BCUT2D eigenvalue weighted by Gasteiger charge is -2.29. The summed E-state index contributed by atoms with van der Waals surface area (Å²) in [6, 6.07) is 9.58. The molecule has 1 saturated heterocycles. The predicted molar refractivity (Wildman–Crippen MR) is 94.7 cm³/mol. The lowest BCUT2D eigenvalue weighted by atomic mass is 9.96. The maximum Gasteiger partial charge on any atom is 0.470 e. The molecule has 0 aliphatic carbocycles. The van der Waals surface area contributed by atoms with E-state index in [1.54, 1.807) is 10.3 Å².